The second-order valence-corrected chi connectivity index (χ2v) is 3.40. The van der Waals surface area contributed by atoms with Gasteiger partial charge >= 0.3 is 0 Å². The number of hydrogen-bond donors (Lipinski definition) is 1. The number of nitrogens with one attached hydrogen (secondary N) is 1. The van der Waals surface area contributed by atoms with E-state index in [1.165, 1.54) is 12.1 Å². The van der Waals surface area contributed by atoms with E-state index in [4.69, 9.17) is 0 Å². The third-order valence-electron chi connectivity index (χ3n) is 2.32. The molecule has 1 N–H and O–H groups in total. The molecule has 0 unspecified atom stereocenters. The van der Waals surface area contributed by atoms with Crippen molar-refractivity contribution in [1.29, 1.82) is 0 Å². The second-order valence-electron chi connectivity index (χ2n) is 3.40. The number of amides is 1. The number of rotatable bonds is 2. The Labute approximate surface area is 91.1 Å². The fourth-order valence-electron chi connectivity index (χ4n) is 1.46. The lowest BCUT2D eigenvalue weighted by Gasteiger charge is -2.11. The van der Waals surface area contributed by atoms with E-state index in [1.54, 1.807) is 12.1 Å². The summed E-state index contributed by atoms with van der Waals surface area (Å²) in [5, 5.41) is 14.4. The average Bonchev–Trinajstić information content (AvgIpc) is 2.30. The topological polar surface area (TPSA) is 84.6 Å². The standard InChI is InChI=1S/C10H9N3O3/c14-10-6-5-9(11-12-10)7-1-3-8(4-2-7)13(15)16/h1-4H,5-6H2,(H,12,14). The van der Waals surface area contributed by atoms with Crippen molar-refractivity contribution in [2.75, 3.05) is 0 Å². The number of nitro benzene ring substituents is 1. The van der Waals surface area contributed by atoms with Gasteiger partial charge in [0.25, 0.3) is 5.69 Å². The Bertz CT molecular complexity index is 465. The Morgan fingerprint density at radius 2 is 1.94 bits per heavy atom. The molecule has 0 aliphatic carbocycles. The average molecular weight is 219 g/mol. The molecule has 1 aliphatic heterocycles. The summed E-state index contributed by atoms with van der Waals surface area (Å²) in [5.74, 6) is -0.106. The van der Waals surface area contributed by atoms with Crippen molar-refractivity contribution in [3.63, 3.8) is 0 Å². The molecule has 1 aromatic carbocycles. The van der Waals surface area contributed by atoms with Gasteiger partial charge in [-0.1, -0.05) is 0 Å². The van der Waals surface area contributed by atoms with Gasteiger partial charge in [-0.3, -0.25) is 14.9 Å². The van der Waals surface area contributed by atoms with E-state index in [0.29, 0.717) is 12.8 Å². The number of carbonyl (C=O) groups excluding carboxylic acids is 1. The van der Waals surface area contributed by atoms with Crippen molar-refractivity contribution in [2.24, 2.45) is 5.10 Å². The summed E-state index contributed by atoms with van der Waals surface area (Å²) in [7, 11) is 0. The van der Waals surface area contributed by atoms with Crippen molar-refractivity contribution in [3.05, 3.63) is 39.9 Å². The van der Waals surface area contributed by atoms with E-state index in [2.05, 4.69) is 10.5 Å². The third kappa shape index (κ3) is 2.05. The molecule has 6 heteroatoms. The highest BCUT2D eigenvalue weighted by Gasteiger charge is 2.14. The lowest BCUT2D eigenvalue weighted by atomic mass is 10.0. The molecular formula is C10H9N3O3. The zero-order valence-corrected chi connectivity index (χ0v) is 8.34. The molecule has 0 atom stereocenters. The minimum absolute atomic E-state index is 0.0456. The van der Waals surface area contributed by atoms with E-state index in [9.17, 15) is 14.9 Å². The van der Waals surface area contributed by atoms with Crippen LogP contribution in [0.5, 0.6) is 0 Å². The summed E-state index contributed by atoms with van der Waals surface area (Å²) < 4.78 is 0. The number of hydrazone groups is 1. The van der Waals surface area contributed by atoms with E-state index in [-0.39, 0.29) is 11.6 Å². The van der Waals surface area contributed by atoms with Crippen LogP contribution in [0, 0.1) is 10.1 Å². The molecule has 16 heavy (non-hydrogen) atoms. The summed E-state index contributed by atoms with van der Waals surface area (Å²) in [4.78, 5) is 20.9. The fourth-order valence-corrected chi connectivity index (χ4v) is 1.46. The molecule has 82 valence electrons. The molecule has 0 fully saturated rings. The molecule has 2 rings (SSSR count). The van der Waals surface area contributed by atoms with Crippen LogP contribution in [0.4, 0.5) is 5.69 Å². The predicted molar refractivity (Wildman–Crippen MR) is 57.0 cm³/mol. The Balaban J connectivity index is 2.22. The van der Waals surface area contributed by atoms with Crippen LogP contribution in [0.3, 0.4) is 0 Å². The fraction of sp³-hybridized carbons (Fsp3) is 0.200. The van der Waals surface area contributed by atoms with Crippen molar-refractivity contribution in [2.45, 2.75) is 12.8 Å². The number of nitrogens with zero attached hydrogens (tertiary/aromatic N) is 2. The molecular weight excluding hydrogens is 210 g/mol. The van der Waals surface area contributed by atoms with Crippen molar-refractivity contribution < 1.29 is 9.72 Å². The molecule has 0 aromatic heterocycles. The maximum atomic E-state index is 10.9. The predicted octanol–water partition coefficient (Wildman–Crippen LogP) is 1.21. The van der Waals surface area contributed by atoms with Crippen molar-refractivity contribution in [1.82, 2.24) is 5.43 Å². The van der Waals surface area contributed by atoms with Gasteiger partial charge in [0, 0.05) is 25.0 Å². The van der Waals surface area contributed by atoms with Gasteiger partial charge in [-0.15, -0.1) is 0 Å². The minimum atomic E-state index is -0.450. The van der Waals surface area contributed by atoms with Gasteiger partial charge in [0.15, 0.2) is 0 Å². The monoisotopic (exact) mass is 219 g/mol. The lowest BCUT2D eigenvalue weighted by Crippen LogP contribution is -2.25. The highest BCUT2D eigenvalue weighted by Crippen LogP contribution is 2.15. The highest BCUT2D eigenvalue weighted by molar-refractivity contribution is 6.04. The largest absolute Gasteiger partial charge is 0.273 e. The molecule has 1 amide bonds. The van der Waals surface area contributed by atoms with Gasteiger partial charge in [0.05, 0.1) is 10.6 Å². The van der Waals surface area contributed by atoms with Crippen LogP contribution in [-0.2, 0) is 4.79 Å². The molecule has 0 bridgehead atoms. The first-order valence-corrected chi connectivity index (χ1v) is 4.77. The maximum Gasteiger partial charge on any atom is 0.269 e. The molecule has 0 saturated carbocycles. The Morgan fingerprint density at radius 3 is 2.44 bits per heavy atom. The molecule has 1 aromatic rings. The summed E-state index contributed by atoms with van der Waals surface area (Å²) in [6.45, 7) is 0. The smallest absolute Gasteiger partial charge is 0.269 e. The zero-order chi connectivity index (χ0) is 11.5. The number of nitro groups is 1. The Kier molecular flexibility index (Phi) is 2.63. The Morgan fingerprint density at radius 1 is 1.25 bits per heavy atom. The SMILES string of the molecule is O=C1CCC(c2ccc([N+](=O)[O-])cc2)=NN1. The van der Waals surface area contributed by atoms with E-state index < -0.39 is 4.92 Å². The lowest BCUT2D eigenvalue weighted by molar-refractivity contribution is -0.384. The normalized spacial score (nSPS) is 15.2. The first-order chi connectivity index (χ1) is 7.66. The highest BCUT2D eigenvalue weighted by atomic mass is 16.6. The third-order valence-corrected chi connectivity index (χ3v) is 2.32. The summed E-state index contributed by atoms with van der Waals surface area (Å²) in [5.41, 5.74) is 3.97. The summed E-state index contributed by atoms with van der Waals surface area (Å²) >= 11 is 0. The molecule has 0 spiro atoms. The first kappa shape index (κ1) is 10.3. The number of carbonyl (C=O) groups is 1. The molecule has 1 aliphatic rings. The van der Waals surface area contributed by atoms with Gasteiger partial charge in [0.2, 0.25) is 5.91 Å². The van der Waals surface area contributed by atoms with Crippen molar-refractivity contribution >= 4 is 17.3 Å². The quantitative estimate of drug-likeness (QED) is 0.599. The van der Waals surface area contributed by atoms with Crippen LogP contribution in [0.15, 0.2) is 29.4 Å². The molecule has 0 radical (unpaired) electrons. The molecule has 6 nitrogen and oxygen atoms in total. The summed E-state index contributed by atoms with van der Waals surface area (Å²) in [6, 6.07) is 6.12. The van der Waals surface area contributed by atoms with E-state index in [0.717, 1.165) is 11.3 Å². The number of benzene rings is 1. The van der Waals surface area contributed by atoms with E-state index >= 15 is 0 Å². The van der Waals surface area contributed by atoms with Crippen LogP contribution in [-0.4, -0.2) is 16.5 Å². The molecule has 1 heterocycles. The van der Waals surface area contributed by atoms with Crippen LogP contribution < -0.4 is 5.43 Å². The van der Waals surface area contributed by atoms with Crippen LogP contribution in [0.25, 0.3) is 0 Å². The van der Waals surface area contributed by atoms with Gasteiger partial charge in [-0.2, -0.15) is 5.10 Å². The Hall–Kier alpha value is -2.24. The van der Waals surface area contributed by atoms with Gasteiger partial charge in [0.1, 0.15) is 0 Å². The van der Waals surface area contributed by atoms with Gasteiger partial charge < -0.3 is 0 Å². The maximum absolute atomic E-state index is 10.9. The minimum Gasteiger partial charge on any atom is -0.273 e. The summed E-state index contributed by atoms with van der Waals surface area (Å²) in [6.07, 6.45) is 0.958. The van der Waals surface area contributed by atoms with Gasteiger partial charge in [-0.25, -0.2) is 5.43 Å². The van der Waals surface area contributed by atoms with Crippen LogP contribution >= 0.6 is 0 Å². The number of hydrogen-bond acceptors (Lipinski definition) is 4. The zero-order valence-electron chi connectivity index (χ0n) is 8.34. The first-order valence-electron chi connectivity index (χ1n) is 4.77. The van der Waals surface area contributed by atoms with Crippen molar-refractivity contribution in [3.8, 4) is 0 Å². The van der Waals surface area contributed by atoms with Crippen LogP contribution in [0.1, 0.15) is 18.4 Å². The van der Waals surface area contributed by atoms with E-state index in [1.807, 2.05) is 0 Å². The second kappa shape index (κ2) is 4.09. The molecule has 0 saturated heterocycles. The van der Waals surface area contributed by atoms with Gasteiger partial charge in [-0.05, 0) is 17.7 Å². The number of non-ortho nitro benzene ring substituents is 1. The van der Waals surface area contributed by atoms with Crippen LogP contribution in [0.2, 0.25) is 0 Å².